The van der Waals surface area contributed by atoms with Crippen LogP contribution in [0.25, 0.3) is 0 Å². The second-order valence-corrected chi connectivity index (χ2v) is 5.31. The normalized spacial score (nSPS) is 10.6. The minimum absolute atomic E-state index is 0.0933. The van der Waals surface area contributed by atoms with E-state index in [2.05, 4.69) is 5.32 Å². The Hall–Kier alpha value is -1.35. The van der Waals surface area contributed by atoms with Crippen molar-refractivity contribution in [2.45, 2.75) is 6.42 Å². The smallest absolute Gasteiger partial charge is 0.194 e. The Morgan fingerprint density at radius 2 is 1.85 bits per heavy atom. The zero-order chi connectivity index (χ0) is 14.5. The predicted octanol–water partition coefficient (Wildman–Crippen LogP) is 3.99. The van der Waals surface area contributed by atoms with E-state index in [1.54, 1.807) is 18.2 Å². The first-order valence-electron chi connectivity index (χ1n) is 6.35. The van der Waals surface area contributed by atoms with Crippen molar-refractivity contribution >= 4 is 29.0 Å². The van der Waals surface area contributed by atoms with Crippen LogP contribution in [0.5, 0.6) is 0 Å². The largest absolute Gasteiger partial charge is 0.319 e. The van der Waals surface area contributed by atoms with Gasteiger partial charge in [0.25, 0.3) is 0 Å². The number of likely N-dealkylation sites (N-methyl/N-ethyl adjacent to an activating group) is 1. The van der Waals surface area contributed by atoms with Crippen LogP contribution in [0.2, 0.25) is 10.0 Å². The molecule has 0 aromatic heterocycles. The number of halogens is 2. The molecule has 0 aliphatic heterocycles. The Labute approximate surface area is 128 Å². The summed E-state index contributed by atoms with van der Waals surface area (Å²) in [5, 5.41) is 4.01. The summed E-state index contributed by atoms with van der Waals surface area (Å²) in [6, 6.07) is 12.5. The third-order valence-electron chi connectivity index (χ3n) is 3.08. The molecule has 0 bridgehead atoms. The van der Waals surface area contributed by atoms with E-state index in [1.807, 2.05) is 31.3 Å². The fraction of sp³-hybridized carbons (Fsp3) is 0.188. The van der Waals surface area contributed by atoms with Crippen LogP contribution in [0.4, 0.5) is 0 Å². The van der Waals surface area contributed by atoms with Gasteiger partial charge in [-0.05, 0) is 43.8 Å². The molecule has 2 nitrogen and oxygen atoms in total. The van der Waals surface area contributed by atoms with Crippen molar-refractivity contribution in [3.8, 4) is 0 Å². The first kappa shape index (κ1) is 15.0. The van der Waals surface area contributed by atoms with Gasteiger partial charge >= 0.3 is 0 Å². The van der Waals surface area contributed by atoms with Crippen LogP contribution in [-0.2, 0) is 6.42 Å². The topological polar surface area (TPSA) is 29.1 Å². The van der Waals surface area contributed by atoms with Crippen molar-refractivity contribution in [2.75, 3.05) is 13.6 Å². The van der Waals surface area contributed by atoms with Gasteiger partial charge in [-0.3, -0.25) is 4.79 Å². The SMILES string of the molecule is CNCCc1ccccc1C(=O)c1cc(Cl)ccc1Cl. The molecular weight excluding hydrogens is 293 g/mol. The Morgan fingerprint density at radius 1 is 1.10 bits per heavy atom. The van der Waals surface area contributed by atoms with Crippen LogP contribution in [0.15, 0.2) is 42.5 Å². The second-order valence-electron chi connectivity index (χ2n) is 4.46. The van der Waals surface area contributed by atoms with Gasteiger partial charge in [-0.25, -0.2) is 0 Å². The van der Waals surface area contributed by atoms with Crippen LogP contribution < -0.4 is 5.32 Å². The van der Waals surface area contributed by atoms with Crippen molar-refractivity contribution in [3.63, 3.8) is 0 Å². The van der Waals surface area contributed by atoms with E-state index in [1.165, 1.54) is 0 Å². The van der Waals surface area contributed by atoms with E-state index < -0.39 is 0 Å². The van der Waals surface area contributed by atoms with Gasteiger partial charge in [-0.15, -0.1) is 0 Å². The van der Waals surface area contributed by atoms with Gasteiger partial charge in [-0.2, -0.15) is 0 Å². The summed E-state index contributed by atoms with van der Waals surface area (Å²) in [7, 11) is 1.89. The summed E-state index contributed by atoms with van der Waals surface area (Å²) < 4.78 is 0. The summed E-state index contributed by atoms with van der Waals surface area (Å²) in [6.07, 6.45) is 0.788. The summed E-state index contributed by atoms with van der Waals surface area (Å²) in [4.78, 5) is 12.6. The van der Waals surface area contributed by atoms with E-state index in [0.717, 1.165) is 18.5 Å². The Kier molecular flexibility index (Phi) is 5.18. The number of rotatable bonds is 5. The van der Waals surface area contributed by atoms with Gasteiger partial charge in [-0.1, -0.05) is 47.5 Å². The van der Waals surface area contributed by atoms with Crippen LogP contribution in [0.3, 0.4) is 0 Å². The number of nitrogens with one attached hydrogen (secondary N) is 1. The van der Waals surface area contributed by atoms with Crippen molar-refractivity contribution in [2.24, 2.45) is 0 Å². The number of hydrogen-bond acceptors (Lipinski definition) is 2. The zero-order valence-electron chi connectivity index (χ0n) is 11.1. The molecule has 0 heterocycles. The molecule has 0 aliphatic carbocycles. The number of carbonyl (C=O) groups is 1. The zero-order valence-corrected chi connectivity index (χ0v) is 12.6. The van der Waals surface area contributed by atoms with Crippen molar-refractivity contribution in [3.05, 3.63) is 69.2 Å². The summed E-state index contributed by atoms with van der Waals surface area (Å²) in [6.45, 7) is 0.813. The average Bonchev–Trinajstić information content (AvgIpc) is 2.47. The molecule has 1 N–H and O–H groups in total. The summed E-state index contributed by atoms with van der Waals surface area (Å²) >= 11 is 12.1. The Bertz CT molecular complexity index is 626. The molecule has 0 aliphatic rings. The first-order valence-corrected chi connectivity index (χ1v) is 7.11. The standard InChI is InChI=1S/C16H15Cl2NO/c1-19-9-8-11-4-2-3-5-13(11)16(20)14-10-12(17)6-7-15(14)18/h2-7,10,19H,8-9H2,1H3. The lowest BCUT2D eigenvalue weighted by atomic mass is 9.96. The lowest BCUT2D eigenvalue weighted by Crippen LogP contribution is -2.13. The molecule has 2 aromatic rings. The minimum atomic E-state index is -0.0933. The number of hydrogen-bond donors (Lipinski definition) is 1. The molecule has 20 heavy (non-hydrogen) atoms. The molecule has 0 amide bonds. The van der Waals surface area contributed by atoms with Crippen molar-refractivity contribution in [1.29, 1.82) is 0 Å². The third-order valence-corrected chi connectivity index (χ3v) is 3.64. The highest BCUT2D eigenvalue weighted by Gasteiger charge is 2.16. The molecule has 0 atom stereocenters. The third kappa shape index (κ3) is 3.40. The molecule has 0 radical (unpaired) electrons. The van der Waals surface area contributed by atoms with Crippen LogP contribution in [-0.4, -0.2) is 19.4 Å². The molecule has 4 heteroatoms. The minimum Gasteiger partial charge on any atom is -0.319 e. The van der Waals surface area contributed by atoms with Gasteiger partial charge in [0.05, 0.1) is 5.02 Å². The fourth-order valence-corrected chi connectivity index (χ4v) is 2.41. The Morgan fingerprint density at radius 3 is 2.60 bits per heavy atom. The Balaban J connectivity index is 2.40. The molecule has 0 saturated heterocycles. The van der Waals surface area contributed by atoms with E-state index in [9.17, 15) is 4.79 Å². The fourth-order valence-electron chi connectivity index (χ4n) is 2.04. The maximum Gasteiger partial charge on any atom is 0.194 e. The van der Waals surface area contributed by atoms with E-state index in [-0.39, 0.29) is 5.78 Å². The number of ketones is 1. The maximum atomic E-state index is 12.6. The molecule has 0 spiro atoms. The summed E-state index contributed by atoms with van der Waals surface area (Å²) in [5.74, 6) is -0.0933. The van der Waals surface area contributed by atoms with Gasteiger partial charge in [0, 0.05) is 16.1 Å². The molecule has 2 rings (SSSR count). The highest BCUT2D eigenvalue weighted by molar-refractivity contribution is 6.36. The summed E-state index contributed by atoms with van der Waals surface area (Å²) in [5.41, 5.74) is 2.12. The van der Waals surface area contributed by atoms with Crippen LogP contribution >= 0.6 is 23.2 Å². The molecule has 0 saturated carbocycles. The van der Waals surface area contributed by atoms with Crippen molar-refractivity contribution < 1.29 is 4.79 Å². The predicted molar refractivity (Wildman–Crippen MR) is 84.0 cm³/mol. The number of carbonyl (C=O) groups excluding carboxylic acids is 1. The lowest BCUT2D eigenvalue weighted by Gasteiger charge is -2.10. The average molecular weight is 308 g/mol. The van der Waals surface area contributed by atoms with Crippen LogP contribution in [0, 0.1) is 0 Å². The maximum absolute atomic E-state index is 12.6. The van der Waals surface area contributed by atoms with E-state index in [4.69, 9.17) is 23.2 Å². The highest BCUT2D eigenvalue weighted by atomic mass is 35.5. The number of benzene rings is 2. The van der Waals surface area contributed by atoms with E-state index >= 15 is 0 Å². The van der Waals surface area contributed by atoms with Gasteiger partial charge < -0.3 is 5.32 Å². The van der Waals surface area contributed by atoms with Gasteiger partial charge in [0.2, 0.25) is 0 Å². The van der Waals surface area contributed by atoms with Gasteiger partial charge in [0.15, 0.2) is 5.78 Å². The monoisotopic (exact) mass is 307 g/mol. The molecule has 0 unspecified atom stereocenters. The molecule has 104 valence electrons. The molecule has 2 aromatic carbocycles. The molecular formula is C16H15Cl2NO. The quantitative estimate of drug-likeness (QED) is 0.846. The highest BCUT2D eigenvalue weighted by Crippen LogP contribution is 2.24. The first-order chi connectivity index (χ1) is 9.63. The van der Waals surface area contributed by atoms with Gasteiger partial charge in [0.1, 0.15) is 0 Å². The second kappa shape index (κ2) is 6.89. The van der Waals surface area contributed by atoms with E-state index in [0.29, 0.717) is 21.2 Å². The lowest BCUT2D eigenvalue weighted by molar-refractivity contribution is 0.103. The van der Waals surface area contributed by atoms with Crippen LogP contribution in [0.1, 0.15) is 21.5 Å². The molecule has 0 fully saturated rings. The van der Waals surface area contributed by atoms with Crippen molar-refractivity contribution in [1.82, 2.24) is 5.32 Å².